The molecule has 2 aromatic heterocycles. The normalized spacial score (nSPS) is 23.2. The SMILES string of the molecule is CC(C)(O)CN1CC2CCC(c3ccnc4c3ccn4Cc3ccc(C(=O)NO)cc3)CC1C2. The molecule has 3 N–H and O–H groups in total. The summed E-state index contributed by atoms with van der Waals surface area (Å²) in [5.74, 6) is 0.717. The minimum Gasteiger partial charge on any atom is -0.389 e. The average molecular weight is 463 g/mol. The number of pyridine rings is 1. The molecular formula is C27H34N4O3. The molecule has 1 saturated heterocycles. The van der Waals surface area contributed by atoms with Crippen LogP contribution in [0, 0.1) is 5.92 Å². The van der Waals surface area contributed by atoms with Gasteiger partial charge in [0.05, 0.1) is 5.60 Å². The van der Waals surface area contributed by atoms with Crippen molar-refractivity contribution >= 4 is 16.9 Å². The van der Waals surface area contributed by atoms with Gasteiger partial charge in [0.25, 0.3) is 5.91 Å². The molecule has 34 heavy (non-hydrogen) atoms. The van der Waals surface area contributed by atoms with E-state index in [-0.39, 0.29) is 0 Å². The second-order valence-corrected chi connectivity index (χ2v) is 10.7. The number of β-amino-alcohol motifs (C(OH)–C–C–N with tert-alkyl or cyclic N) is 1. The Hall–Kier alpha value is -2.74. The summed E-state index contributed by atoms with van der Waals surface area (Å²) in [6.45, 7) is 6.33. The largest absolute Gasteiger partial charge is 0.389 e. The molecule has 3 aromatic rings. The van der Waals surface area contributed by atoms with Crippen molar-refractivity contribution in [3.05, 3.63) is 65.5 Å². The number of fused-ring (bicyclic) bond motifs is 3. The Bertz CT molecular complexity index is 1160. The Morgan fingerprint density at radius 1 is 1.15 bits per heavy atom. The number of nitrogens with zero attached hydrogens (tertiary/aromatic N) is 3. The molecule has 3 heterocycles. The second-order valence-electron chi connectivity index (χ2n) is 10.7. The third-order valence-electron chi connectivity index (χ3n) is 7.49. The van der Waals surface area contributed by atoms with Crippen LogP contribution >= 0.6 is 0 Å². The van der Waals surface area contributed by atoms with Crippen molar-refractivity contribution in [2.24, 2.45) is 5.92 Å². The summed E-state index contributed by atoms with van der Waals surface area (Å²) in [4.78, 5) is 18.8. The molecule has 1 aromatic carbocycles. The molecule has 3 unspecified atom stereocenters. The fourth-order valence-electron chi connectivity index (χ4n) is 6.02. The smallest absolute Gasteiger partial charge is 0.274 e. The van der Waals surface area contributed by atoms with Crippen LogP contribution in [0.4, 0.5) is 0 Å². The molecule has 2 bridgehead atoms. The molecule has 1 amide bonds. The summed E-state index contributed by atoms with van der Waals surface area (Å²) in [6.07, 6.45) is 8.84. The number of likely N-dealkylation sites (tertiary alicyclic amines) is 1. The van der Waals surface area contributed by atoms with Gasteiger partial charge in [-0.1, -0.05) is 12.1 Å². The summed E-state index contributed by atoms with van der Waals surface area (Å²) in [5, 5.41) is 20.4. The molecule has 7 heteroatoms. The lowest BCUT2D eigenvalue weighted by Gasteiger charge is -2.33. The van der Waals surface area contributed by atoms with E-state index in [2.05, 4.69) is 27.8 Å². The van der Waals surface area contributed by atoms with Crippen LogP contribution in [-0.2, 0) is 6.54 Å². The first-order chi connectivity index (χ1) is 16.3. The van der Waals surface area contributed by atoms with Gasteiger partial charge in [0.15, 0.2) is 0 Å². The Balaban J connectivity index is 1.37. The quantitative estimate of drug-likeness (QED) is 0.381. The molecule has 2 aliphatic rings. The topological polar surface area (TPSA) is 90.6 Å². The number of hydrogen-bond acceptors (Lipinski definition) is 5. The maximum absolute atomic E-state index is 11.6. The number of aromatic nitrogens is 2. The van der Waals surface area contributed by atoms with E-state index in [1.165, 1.54) is 30.2 Å². The lowest BCUT2D eigenvalue weighted by molar-refractivity contribution is 0.0278. The van der Waals surface area contributed by atoms with E-state index in [9.17, 15) is 9.90 Å². The van der Waals surface area contributed by atoms with Crippen LogP contribution in [0.5, 0.6) is 0 Å². The van der Waals surface area contributed by atoms with Crippen LogP contribution in [0.2, 0.25) is 0 Å². The van der Waals surface area contributed by atoms with E-state index in [1.807, 2.05) is 32.2 Å². The Labute approximate surface area is 200 Å². The molecule has 7 nitrogen and oxygen atoms in total. The zero-order chi connectivity index (χ0) is 23.9. The Morgan fingerprint density at radius 3 is 2.68 bits per heavy atom. The molecule has 1 aliphatic carbocycles. The maximum Gasteiger partial charge on any atom is 0.274 e. The summed E-state index contributed by atoms with van der Waals surface area (Å²) in [6, 6.07) is 12.1. The van der Waals surface area contributed by atoms with Gasteiger partial charge in [-0.25, -0.2) is 10.5 Å². The van der Waals surface area contributed by atoms with E-state index >= 15 is 0 Å². The minimum absolute atomic E-state index is 0.422. The third kappa shape index (κ3) is 4.73. The number of rotatable bonds is 6. The number of carbonyl (C=O) groups excluding carboxylic acids is 1. The monoisotopic (exact) mass is 462 g/mol. The van der Waals surface area contributed by atoms with Crippen molar-refractivity contribution < 1.29 is 15.1 Å². The van der Waals surface area contributed by atoms with Crippen molar-refractivity contribution in [3.8, 4) is 0 Å². The number of hydrogen-bond donors (Lipinski definition) is 3. The van der Waals surface area contributed by atoms with E-state index < -0.39 is 11.5 Å². The summed E-state index contributed by atoms with van der Waals surface area (Å²) >= 11 is 0. The molecular weight excluding hydrogens is 428 g/mol. The predicted octanol–water partition coefficient (Wildman–Crippen LogP) is 3.93. The van der Waals surface area contributed by atoms with Gasteiger partial charge in [-0.3, -0.25) is 14.9 Å². The summed E-state index contributed by atoms with van der Waals surface area (Å²) in [7, 11) is 0. The average Bonchev–Trinajstić information content (AvgIpc) is 3.31. The molecule has 2 fully saturated rings. The van der Waals surface area contributed by atoms with Gasteiger partial charge in [-0.2, -0.15) is 0 Å². The molecule has 0 radical (unpaired) electrons. The first kappa shape index (κ1) is 23.0. The van der Waals surface area contributed by atoms with Crippen molar-refractivity contribution in [2.75, 3.05) is 13.1 Å². The van der Waals surface area contributed by atoms with E-state index in [4.69, 9.17) is 10.2 Å². The van der Waals surface area contributed by atoms with Crippen LogP contribution < -0.4 is 5.48 Å². The highest BCUT2D eigenvalue weighted by atomic mass is 16.5. The minimum atomic E-state index is -0.664. The fraction of sp³-hybridized carbons (Fsp3) is 0.481. The van der Waals surface area contributed by atoms with Gasteiger partial charge in [0.1, 0.15) is 5.65 Å². The first-order valence-corrected chi connectivity index (χ1v) is 12.2. The van der Waals surface area contributed by atoms with Crippen LogP contribution in [0.25, 0.3) is 11.0 Å². The van der Waals surface area contributed by atoms with Crippen LogP contribution in [0.1, 0.15) is 66.9 Å². The highest BCUT2D eigenvalue weighted by molar-refractivity contribution is 5.93. The van der Waals surface area contributed by atoms with Gasteiger partial charge in [-0.15, -0.1) is 0 Å². The third-order valence-corrected chi connectivity index (χ3v) is 7.49. The molecule has 1 saturated carbocycles. The number of hydroxylamine groups is 1. The number of carbonyl (C=O) groups is 1. The molecule has 0 spiro atoms. The van der Waals surface area contributed by atoms with E-state index in [1.54, 1.807) is 17.6 Å². The van der Waals surface area contributed by atoms with Crippen molar-refractivity contribution in [1.29, 1.82) is 0 Å². The van der Waals surface area contributed by atoms with E-state index in [0.717, 1.165) is 36.6 Å². The van der Waals surface area contributed by atoms with Gasteiger partial charge in [-0.05, 0) is 86.8 Å². The fourth-order valence-corrected chi connectivity index (χ4v) is 6.02. The number of aliphatic hydroxyl groups is 1. The first-order valence-electron chi connectivity index (χ1n) is 12.2. The summed E-state index contributed by atoms with van der Waals surface area (Å²) in [5.41, 5.74) is 4.86. The van der Waals surface area contributed by atoms with Crippen LogP contribution in [0.3, 0.4) is 0 Å². The Morgan fingerprint density at radius 2 is 1.94 bits per heavy atom. The highest BCUT2D eigenvalue weighted by Crippen LogP contribution is 2.42. The zero-order valence-electron chi connectivity index (χ0n) is 19.9. The van der Waals surface area contributed by atoms with Gasteiger partial charge in [0, 0.05) is 49.0 Å². The maximum atomic E-state index is 11.6. The zero-order valence-corrected chi connectivity index (χ0v) is 19.9. The second kappa shape index (κ2) is 9.13. The lowest BCUT2D eigenvalue weighted by atomic mass is 9.87. The van der Waals surface area contributed by atoms with Crippen molar-refractivity contribution in [2.45, 2.75) is 63.6 Å². The molecule has 5 rings (SSSR count). The van der Waals surface area contributed by atoms with Crippen LogP contribution in [-0.4, -0.2) is 55.4 Å². The number of nitrogens with one attached hydrogen (secondary N) is 1. The number of amides is 1. The summed E-state index contributed by atoms with van der Waals surface area (Å²) < 4.78 is 2.16. The highest BCUT2D eigenvalue weighted by Gasteiger charge is 2.39. The Kier molecular flexibility index (Phi) is 6.18. The molecule has 1 aliphatic heterocycles. The van der Waals surface area contributed by atoms with Crippen molar-refractivity contribution in [3.63, 3.8) is 0 Å². The standard InChI is InChI=1S/C27H34N4O3/c1-27(2,33)17-31-16-19-5-8-21(14-22(31)13-19)23-9-11-28-25-24(23)10-12-30(25)15-18-3-6-20(7-4-18)26(32)29-34/h3-4,6-7,9-12,19,21-22,33-34H,5,8,13-17H2,1-2H3,(H,29,32). The van der Waals surface area contributed by atoms with Crippen LogP contribution in [0.15, 0.2) is 48.8 Å². The number of benzene rings is 1. The van der Waals surface area contributed by atoms with Gasteiger partial charge < -0.3 is 9.67 Å². The predicted molar refractivity (Wildman–Crippen MR) is 131 cm³/mol. The van der Waals surface area contributed by atoms with Crippen molar-refractivity contribution in [1.82, 2.24) is 19.9 Å². The van der Waals surface area contributed by atoms with Gasteiger partial charge >= 0.3 is 0 Å². The molecule has 3 atom stereocenters. The molecule has 180 valence electrons. The van der Waals surface area contributed by atoms with E-state index in [0.29, 0.717) is 24.1 Å². The lowest BCUT2D eigenvalue weighted by Crippen LogP contribution is -2.42. The van der Waals surface area contributed by atoms with Gasteiger partial charge in [0.2, 0.25) is 0 Å².